The molecule has 0 aliphatic rings. The van der Waals surface area contributed by atoms with Gasteiger partial charge in [-0.1, -0.05) is 43.7 Å². The third-order valence-corrected chi connectivity index (χ3v) is 4.35. The van der Waals surface area contributed by atoms with Crippen molar-refractivity contribution in [1.29, 1.82) is 0 Å². The molecular weight excluding hydrogens is 334 g/mol. The fourth-order valence-corrected chi connectivity index (χ4v) is 3.13. The molecule has 0 saturated heterocycles. The number of aromatic nitrogens is 2. The second kappa shape index (κ2) is 8.67. The monoisotopic (exact) mass is 361 g/mol. The second-order valence-corrected chi connectivity index (χ2v) is 6.92. The van der Waals surface area contributed by atoms with Crippen LogP contribution in [-0.4, -0.2) is 16.1 Å². The predicted molar refractivity (Wildman–Crippen MR) is 112 cm³/mol. The number of hydrogen-bond donors (Lipinski definition) is 1. The molecule has 0 radical (unpaired) electrons. The maximum Gasteiger partial charge on any atom is 0.221 e. The Bertz CT molecular complexity index is 874. The van der Waals surface area contributed by atoms with E-state index in [-0.39, 0.29) is 6.10 Å². The van der Waals surface area contributed by atoms with E-state index >= 15 is 0 Å². The topological polar surface area (TPSA) is 61.0 Å². The summed E-state index contributed by atoms with van der Waals surface area (Å²) < 4.78 is 5.76. The lowest BCUT2D eigenvalue weighted by atomic mass is 9.96. The molecule has 4 nitrogen and oxygen atoms in total. The summed E-state index contributed by atoms with van der Waals surface area (Å²) in [7, 11) is 0. The van der Waals surface area contributed by atoms with Gasteiger partial charge >= 0.3 is 0 Å². The first-order valence-corrected chi connectivity index (χ1v) is 9.57. The summed E-state index contributed by atoms with van der Waals surface area (Å²) in [5, 5.41) is 0. The first kappa shape index (κ1) is 18.9. The molecule has 0 spiro atoms. The van der Waals surface area contributed by atoms with Crippen molar-refractivity contribution in [2.75, 3.05) is 5.73 Å². The van der Waals surface area contributed by atoms with Crippen LogP contribution in [0, 0.1) is 0 Å². The van der Waals surface area contributed by atoms with Crippen molar-refractivity contribution in [1.82, 2.24) is 9.97 Å². The standard InChI is InChI=1S/C23H27N3O/c1-4-5-11-20-21(17-9-7-6-8-10-17)25-23(24)26-22(20)18-12-14-19(15-13-18)27-16(2)3/h6-10,12-16H,4-5,11H2,1-3H3,(H2,24,25,26). The fraction of sp³-hybridized carbons (Fsp3) is 0.304. The predicted octanol–water partition coefficient (Wildman–Crippen LogP) is 5.52. The number of nitrogens with zero attached hydrogens (tertiary/aromatic N) is 2. The zero-order valence-electron chi connectivity index (χ0n) is 16.3. The Morgan fingerprint density at radius 1 is 0.889 bits per heavy atom. The SMILES string of the molecule is CCCCc1c(-c2ccccc2)nc(N)nc1-c1ccc(OC(C)C)cc1. The van der Waals surface area contributed by atoms with Gasteiger partial charge in [-0.3, -0.25) is 0 Å². The molecule has 4 heteroatoms. The lowest BCUT2D eigenvalue weighted by Gasteiger charge is -2.15. The van der Waals surface area contributed by atoms with Crippen LogP contribution < -0.4 is 10.5 Å². The van der Waals surface area contributed by atoms with Crippen molar-refractivity contribution in [3.05, 3.63) is 60.2 Å². The molecule has 0 bridgehead atoms. The normalized spacial score (nSPS) is 11.0. The first-order chi connectivity index (χ1) is 13.1. The number of unbranched alkanes of at least 4 members (excludes halogenated alkanes) is 1. The smallest absolute Gasteiger partial charge is 0.221 e. The summed E-state index contributed by atoms with van der Waals surface area (Å²) in [5.74, 6) is 1.15. The molecule has 1 aromatic heterocycles. The van der Waals surface area contributed by atoms with E-state index in [1.165, 1.54) is 0 Å². The van der Waals surface area contributed by atoms with E-state index in [1.54, 1.807) is 0 Å². The van der Waals surface area contributed by atoms with Crippen molar-refractivity contribution >= 4 is 5.95 Å². The minimum absolute atomic E-state index is 0.148. The number of rotatable bonds is 7. The fourth-order valence-electron chi connectivity index (χ4n) is 3.13. The van der Waals surface area contributed by atoms with E-state index in [0.717, 1.165) is 53.1 Å². The average molecular weight is 361 g/mol. The van der Waals surface area contributed by atoms with Gasteiger partial charge in [-0.2, -0.15) is 0 Å². The van der Waals surface area contributed by atoms with Gasteiger partial charge in [0.05, 0.1) is 17.5 Å². The highest BCUT2D eigenvalue weighted by molar-refractivity contribution is 5.75. The van der Waals surface area contributed by atoms with Crippen molar-refractivity contribution in [2.45, 2.75) is 46.1 Å². The molecule has 0 atom stereocenters. The molecule has 140 valence electrons. The molecule has 2 aromatic carbocycles. The molecule has 0 aliphatic heterocycles. The van der Waals surface area contributed by atoms with E-state index in [0.29, 0.717) is 5.95 Å². The van der Waals surface area contributed by atoms with Crippen molar-refractivity contribution in [3.8, 4) is 28.3 Å². The Balaban J connectivity index is 2.09. The number of nitrogen functional groups attached to an aromatic ring is 1. The van der Waals surface area contributed by atoms with Crippen LogP contribution in [0.2, 0.25) is 0 Å². The van der Waals surface area contributed by atoms with Crippen LogP contribution in [0.1, 0.15) is 39.2 Å². The van der Waals surface area contributed by atoms with Crippen molar-refractivity contribution in [3.63, 3.8) is 0 Å². The number of anilines is 1. The zero-order valence-corrected chi connectivity index (χ0v) is 16.3. The molecule has 0 amide bonds. The van der Waals surface area contributed by atoms with E-state index in [2.05, 4.69) is 29.0 Å². The van der Waals surface area contributed by atoms with Gasteiger partial charge in [0, 0.05) is 16.7 Å². The highest BCUT2D eigenvalue weighted by atomic mass is 16.5. The molecule has 0 saturated carbocycles. The maximum absolute atomic E-state index is 6.08. The third kappa shape index (κ3) is 4.64. The summed E-state index contributed by atoms with van der Waals surface area (Å²) >= 11 is 0. The molecule has 3 aromatic rings. The Morgan fingerprint density at radius 3 is 2.04 bits per heavy atom. The lowest BCUT2D eigenvalue weighted by molar-refractivity contribution is 0.242. The average Bonchev–Trinajstić information content (AvgIpc) is 2.67. The highest BCUT2D eigenvalue weighted by Gasteiger charge is 2.16. The zero-order chi connectivity index (χ0) is 19.2. The van der Waals surface area contributed by atoms with Crippen molar-refractivity contribution in [2.24, 2.45) is 0 Å². The number of nitrogens with two attached hydrogens (primary N) is 1. The highest BCUT2D eigenvalue weighted by Crippen LogP contribution is 2.32. The molecule has 27 heavy (non-hydrogen) atoms. The molecule has 0 unspecified atom stereocenters. The van der Waals surface area contributed by atoms with Crippen LogP contribution in [0.4, 0.5) is 5.95 Å². The minimum atomic E-state index is 0.148. The molecule has 0 fully saturated rings. The summed E-state index contributed by atoms with van der Waals surface area (Å²) in [6.07, 6.45) is 3.25. The molecule has 3 rings (SSSR count). The maximum atomic E-state index is 6.08. The lowest BCUT2D eigenvalue weighted by Crippen LogP contribution is -2.06. The third-order valence-electron chi connectivity index (χ3n) is 4.35. The van der Waals surface area contributed by atoms with Gasteiger partial charge in [0.25, 0.3) is 0 Å². The largest absolute Gasteiger partial charge is 0.491 e. The van der Waals surface area contributed by atoms with Crippen molar-refractivity contribution < 1.29 is 4.74 Å². The Morgan fingerprint density at radius 2 is 1.48 bits per heavy atom. The molecular formula is C23H27N3O. The summed E-state index contributed by atoms with van der Waals surface area (Å²) in [4.78, 5) is 9.18. The van der Waals surface area contributed by atoms with E-state index in [9.17, 15) is 0 Å². The number of hydrogen-bond acceptors (Lipinski definition) is 4. The molecule has 1 heterocycles. The van der Waals surface area contributed by atoms with E-state index < -0.39 is 0 Å². The number of ether oxygens (including phenoxy) is 1. The van der Waals surface area contributed by atoms with E-state index in [1.807, 2.05) is 56.3 Å². The quantitative estimate of drug-likeness (QED) is 0.601. The van der Waals surface area contributed by atoms with Gasteiger partial charge in [-0.25, -0.2) is 9.97 Å². The van der Waals surface area contributed by atoms with Crippen LogP contribution >= 0.6 is 0 Å². The Hall–Kier alpha value is -2.88. The Kier molecular flexibility index (Phi) is 6.07. The van der Waals surface area contributed by atoms with Gasteiger partial charge in [0.2, 0.25) is 5.95 Å². The van der Waals surface area contributed by atoms with Crippen LogP contribution in [-0.2, 0) is 6.42 Å². The summed E-state index contributed by atoms with van der Waals surface area (Å²) in [5.41, 5.74) is 11.2. The van der Waals surface area contributed by atoms with Gasteiger partial charge in [0.15, 0.2) is 0 Å². The summed E-state index contributed by atoms with van der Waals surface area (Å²) in [6.45, 7) is 6.24. The van der Waals surface area contributed by atoms with Gasteiger partial charge in [-0.05, 0) is 51.0 Å². The van der Waals surface area contributed by atoms with Crippen LogP contribution in [0.3, 0.4) is 0 Å². The van der Waals surface area contributed by atoms with Crippen LogP contribution in [0.25, 0.3) is 22.5 Å². The van der Waals surface area contributed by atoms with Crippen LogP contribution in [0.15, 0.2) is 54.6 Å². The second-order valence-electron chi connectivity index (χ2n) is 6.92. The molecule has 0 aliphatic carbocycles. The number of benzene rings is 2. The molecule has 2 N–H and O–H groups in total. The Labute approximate surface area is 161 Å². The van der Waals surface area contributed by atoms with Gasteiger partial charge in [-0.15, -0.1) is 0 Å². The van der Waals surface area contributed by atoms with E-state index in [4.69, 9.17) is 10.5 Å². The summed E-state index contributed by atoms with van der Waals surface area (Å²) in [6, 6.07) is 18.3. The van der Waals surface area contributed by atoms with Crippen LogP contribution in [0.5, 0.6) is 5.75 Å². The minimum Gasteiger partial charge on any atom is -0.491 e. The first-order valence-electron chi connectivity index (χ1n) is 9.57. The van der Waals surface area contributed by atoms with Gasteiger partial charge in [0.1, 0.15) is 5.75 Å². The van der Waals surface area contributed by atoms with Gasteiger partial charge < -0.3 is 10.5 Å².